The number of imide groups is 1. The number of benzene rings is 3. The maximum atomic E-state index is 13.7. The van der Waals surface area contributed by atoms with Gasteiger partial charge in [-0.3, -0.25) is 14.5 Å². The first-order chi connectivity index (χ1) is 15.6. The third kappa shape index (κ3) is 3.67. The number of carbonyl (C=O) groups is 3. The average Bonchev–Trinajstić information content (AvgIpc) is 3.09. The zero-order valence-electron chi connectivity index (χ0n) is 17.5. The molecule has 6 heteroatoms. The maximum Gasteiger partial charge on any atom is 0.326 e. The summed E-state index contributed by atoms with van der Waals surface area (Å²) in [6, 6.07) is 26.6. The number of urea groups is 1. The third-order valence-electron chi connectivity index (χ3n) is 5.49. The molecular weight excluding hydrogens is 402 g/mol. The number of nitrogens with zero attached hydrogens (tertiary/aromatic N) is 2. The van der Waals surface area contributed by atoms with Crippen LogP contribution in [0.3, 0.4) is 0 Å². The zero-order valence-corrected chi connectivity index (χ0v) is 17.5. The first-order valence-corrected chi connectivity index (χ1v) is 10.3. The Balaban J connectivity index is 1.69. The first kappa shape index (κ1) is 21.1. The molecule has 0 spiro atoms. The Morgan fingerprint density at radius 3 is 1.88 bits per heavy atom. The molecule has 0 bridgehead atoms. The summed E-state index contributed by atoms with van der Waals surface area (Å²) in [6.45, 7) is 3.60. The van der Waals surface area contributed by atoms with Crippen molar-refractivity contribution in [2.45, 2.75) is 5.54 Å². The molecule has 4 amide bonds. The second kappa shape index (κ2) is 8.89. The second-order valence-corrected chi connectivity index (χ2v) is 7.43. The Kier molecular flexibility index (Phi) is 5.85. The molecule has 4 rings (SSSR count). The summed E-state index contributed by atoms with van der Waals surface area (Å²) in [4.78, 5) is 42.4. The van der Waals surface area contributed by atoms with E-state index < -0.39 is 17.5 Å². The fourth-order valence-electron chi connectivity index (χ4n) is 3.96. The van der Waals surface area contributed by atoms with E-state index in [2.05, 4.69) is 11.9 Å². The van der Waals surface area contributed by atoms with Gasteiger partial charge in [-0.25, -0.2) is 4.79 Å². The van der Waals surface area contributed by atoms with Crippen LogP contribution in [0.2, 0.25) is 0 Å². The van der Waals surface area contributed by atoms with Crippen molar-refractivity contribution in [3.63, 3.8) is 0 Å². The summed E-state index contributed by atoms with van der Waals surface area (Å²) in [7, 11) is 0. The standard InChI is InChI=1S/C26H23N3O3/c1-2-18-28(22-16-10-5-11-17-22)23(30)19-29-24(31)26(27-25(29)32,20-12-6-3-7-13-20)21-14-8-4-9-15-21/h2-17H,1,18-19H2,(H,27,32). The summed E-state index contributed by atoms with van der Waals surface area (Å²) in [5.41, 5.74) is 0.536. The van der Waals surface area contributed by atoms with Crippen molar-refractivity contribution in [3.8, 4) is 0 Å². The average molecular weight is 425 g/mol. The summed E-state index contributed by atoms with van der Waals surface area (Å²) in [6.07, 6.45) is 1.61. The molecule has 1 saturated heterocycles. The van der Waals surface area contributed by atoms with Gasteiger partial charge < -0.3 is 10.2 Å². The van der Waals surface area contributed by atoms with E-state index in [1.165, 1.54) is 4.90 Å². The largest absolute Gasteiger partial charge is 0.326 e. The molecule has 1 aliphatic rings. The van der Waals surface area contributed by atoms with Gasteiger partial charge in [0.1, 0.15) is 6.54 Å². The summed E-state index contributed by atoms with van der Waals surface area (Å²) < 4.78 is 0. The molecule has 1 N–H and O–H groups in total. The van der Waals surface area contributed by atoms with E-state index >= 15 is 0 Å². The van der Waals surface area contributed by atoms with Crippen LogP contribution in [0.15, 0.2) is 104 Å². The summed E-state index contributed by atoms with van der Waals surface area (Å²) >= 11 is 0. The lowest BCUT2D eigenvalue weighted by molar-refractivity contribution is -0.133. The van der Waals surface area contributed by atoms with Crippen molar-refractivity contribution in [2.24, 2.45) is 0 Å². The lowest BCUT2D eigenvalue weighted by atomic mass is 9.82. The molecule has 3 aromatic carbocycles. The Bertz CT molecular complexity index is 1090. The topological polar surface area (TPSA) is 69.7 Å². The monoisotopic (exact) mass is 425 g/mol. The quantitative estimate of drug-likeness (QED) is 0.464. The molecular formula is C26H23N3O3. The van der Waals surface area contributed by atoms with Gasteiger partial charge in [-0.05, 0) is 23.3 Å². The van der Waals surface area contributed by atoms with Gasteiger partial charge in [0.15, 0.2) is 5.54 Å². The number of anilines is 1. The van der Waals surface area contributed by atoms with Crippen LogP contribution in [0.4, 0.5) is 10.5 Å². The predicted molar refractivity (Wildman–Crippen MR) is 123 cm³/mol. The van der Waals surface area contributed by atoms with Gasteiger partial charge in [-0.15, -0.1) is 6.58 Å². The summed E-state index contributed by atoms with van der Waals surface area (Å²) in [5, 5.41) is 2.86. The minimum Gasteiger partial charge on any atom is -0.315 e. The van der Waals surface area contributed by atoms with Gasteiger partial charge in [0, 0.05) is 12.2 Å². The number of para-hydroxylation sites is 1. The van der Waals surface area contributed by atoms with Crippen LogP contribution in [-0.4, -0.2) is 35.8 Å². The molecule has 0 aliphatic carbocycles. The normalized spacial score (nSPS) is 14.7. The van der Waals surface area contributed by atoms with Crippen LogP contribution in [0.1, 0.15) is 11.1 Å². The fourth-order valence-corrected chi connectivity index (χ4v) is 3.96. The van der Waals surface area contributed by atoms with Crippen molar-refractivity contribution in [1.29, 1.82) is 0 Å². The van der Waals surface area contributed by atoms with Gasteiger partial charge in [-0.1, -0.05) is 84.9 Å². The molecule has 3 aromatic rings. The number of carbonyl (C=O) groups excluding carboxylic acids is 3. The molecule has 32 heavy (non-hydrogen) atoms. The maximum absolute atomic E-state index is 13.7. The fraction of sp³-hybridized carbons (Fsp3) is 0.115. The van der Waals surface area contributed by atoms with E-state index in [1.807, 2.05) is 54.6 Å². The molecule has 0 radical (unpaired) electrons. The molecule has 1 fully saturated rings. The van der Waals surface area contributed by atoms with Gasteiger partial charge in [-0.2, -0.15) is 0 Å². The number of nitrogens with one attached hydrogen (secondary N) is 1. The third-order valence-corrected chi connectivity index (χ3v) is 5.49. The van der Waals surface area contributed by atoms with Gasteiger partial charge in [0.2, 0.25) is 5.91 Å². The lowest BCUT2D eigenvalue weighted by Gasteiger charge is -2.28. The minimum atomic E-state index is -1.39. The Labute approximate surface area is 186 Å². The van der Waals surface area contributed by atoms with E-state index in [9.17, 15) is 14.4 Å². The van der Waals surface area contributed by atoms with E-state index in [4.69, 9.17) is 0 Å². The van der Waals surface area contributed by atoms with Crippen molar-refractivity contribution in [1.82, 2.24) is 10.2 Å². The first-order valence-electron chi connectivity index (χ1n) is 10.3. The van der Waals surface area contributed by atoms with Crippen molar-refractivity contribution < 1.29 is 14.4 Å². The molecule has 1 heterocycles. The highest BCUT2D eigenvalue weighted by molar-refractivity contribution is 6.12. The van der Waals surface area contributed by atoms with Crippen LogP contribution >= 0.6 is 0 Å². The molecule has 0 aromatic heterocycles. The van der Waals surface area contributed by atoms with E-state index in [0.717, 1.165) is 4.90 Å². The van der Waals surface area contributed by atoms with E-state index in [-0.39, 0.29) is 19.0 Å². The van der Waals surface area contributed by atoms with Gasteiger partial charge >= 0.3 is 6.03 Å². The Morgan fingerprint density at radius 2 is 1.38 bits per heavy atom. The van der Waals surface area contributed by atoms with Crippen molar-refractivity contribution >= 4 is 23.5 Å². The van der Waals surface area contributed by atoms with Gasteiger partial charge in [0.05, 0.1) is 0 Å². The molecule has 6 nitrogen and oxygen atoms in total. The number of amides is 4. The zero-order chi connectivity index (χ0) is 22.6. The molecule has 1 aliphatic heterocycles. The van der Waals surface area contributed by atoms with Crippen LogP contribution in [-0.2, 0) is 15.1 Å². The number of hydrogen-bond donors (Lipinski definition) is 1. The molecule has 160 valence electrons. The smallest absolute Gasteiger partial charge is 0.315 e. The van der Waals surface area contributed by atoms with Crippen LogP contribution in [0, 0.1) is 0 Å². The van der Waals surface area contributed by atoms with Crippen LogP contribution < -0.4 is 10.2 Å². The van der Waals surface area contributed by atoms with Crippen LogP contribution in [0.5, 0.6) is 0 Å². The molecule has 0 unspecified atom stereocenters. The Hall–Kier alpha value is -4.19. The highest BCUT2D eigenvalue weighted by Gasteiger charge is 2.54. The summed E-state index contributed by atoms with van der Waals surface area (Å²) in [5.74, 6) is -0.864. The van der Waals surface area contributed by atoms with Gasteiger partial charge in [0.25, 0.3) is 5.91 Å². The molecule has 0 atom stereocenters. The SMILES string of the molecule is C=CCN(C(=O)CN1C(=O)NC(c2ccccc2)(c2ccccc2)C1=O)c1ccccc1. The number of hydrogen-bond acceptors (Lipinski definition) is 3. The molecule has 0 saturated carbocycles. The Morgan fingerprint density at radius 1 is 0.875 bits per heavy atom. The van der Waals surface area contributed by atoms with E-state index in [0.29, 0.717) is 16.8 Å². The predicted octanol–water partition coefficient (Wildman–Crippen LogP) is 3.70. The van der Waals surface area contributed by atoms with Crippen molar-refractivity contribution in [3.05, 3.63) is 115 Å². The highest BCUT2D eigenvalue weighted by Crippen LogP contribution is 2.36. The lowest BCUT2D eigenvalue weighted by Crippen LogP contribution is -2.46. The second-order valence-electron chi connectivity index (χ2n) is 7.43. The van der Waals surface area contributed by atoms with Crippen LogP contribution in [0.25, 0.3) is 0 Å². The highest BCUT2D eigenvalue weighted by atomic mass is 16.2. The van der Waals surface area contributed by atoms with E-state index in [1.54, 1.807) is 42.5 Å². The number of rotatable bonds is 7. The van der Waals surface area contributed by atoms with Crippen molar-refractivity contribution in [2.75, 3.05) is 18.0 Å². The minimum absolute atomic E-state index is 0.259.